The minimum Gasteiger partial charge on any atom is -0.324 e. The lowest BCUT2D eigenvalue weighted by atomic mass is 10.0. The standard InChI is InChI=1S/C18H22N2O/c1-14-6-5-11-20(12-14)13-18(21)19-17-10-4-8-15-7-2-3-9-16(15)17/h2-4,7-10,14H,5-6,11-13H2,1H3,(H,19,21). The van der Waals surface area contributed by atoms with Gasteiger partial charge in [0.2, 0.25) is 5.91 Å². The topological polar surface area (TPSA) is 32.3 Å². The van der Waals surface area contributed by atoms with Gasteiger partial charge < -0.3 is 5.32 Å². The van der Waals surface area contributed by atoms with E-state index in [4.69, 9.17) is 0 Å². The van der Waals surface area contributed by atoms with E-state index < -0.39 is 0 Å². The number of carbonyl (C=O) groups is 1. The molecular formula is C18H22N2O. The summed E-state index contributed by atoms with van der Waals surface area (Å²) in [5.41, 5.74) is 0.906. The second-order valence-corrected chi connectivity index (χ2v) is 6.06. The van der Waals surface area contributed by atoms with Crippen LogP contribution in [0.5, 0.6) is 0 Å². The number of carbonyl (C=O) groups excluding carboxylic acids is 1. The lowest BCUT2D eigenvalue weighted by Gasteiger charge is -2.30. The summed E-state index contributed by atoms with van der Waals surface area (Å²) < 4.78 is 0. The molecule has 2 aromatic carbocycles. The van der Waals surface area contributed by atoms with E-state index in [9.17, 15) is 4.79 Å². The molecule has 0 bridgehead atoms. The lowest BCUT2D eigenvalue weighted by molar-refractivity contribution is -0.117. The number of nitrogens with zero attached hydrogens (tertiary/aromatic N) is 1. The number of likely N-dealkylation sites (tertiary alicyclic amines) is 1. The molecule has 21 heavy (non-hydrogen) atoms. The number of hydrogen-bond donors (Lipinski definition) is 1. The zero-order chi connectivity index (χ0) is 14.7. The fourth-order valence-corrected chi connectivity index (χ4v) is 3.16. The average molecular weight is 282 g/mol. The van der Waals surface area contributed by atoms with E-state index >= 15 is 0 Å². The van der Waals surface area contributed by atoms with E-state index in [0.29, 0.717) is 12.5 Å². The molecule has 1 heterocycles. The van der Waals surface area contributed by atoms with Crippen molar-refractivity contribution in [3.8, 4) is 0 Å². The number of rotatable bonds is 3. The number of amides is 1. The van der Waals surface area contributed by atoms with Crippen LogP contribution in [0.3, 0.4) is 0 Å². The molecule has 1 fully saturated rings. The molecule has 110 valence electrons. The number of nitrogens with one attached hydrogen (secondary N) is 1. The maximum Gasteiger partial charge on any atom is 0.238 e. The summed E-state index contributed by atoms with van der Waals surface area (Å²) in [6, 6.07) is 14.2. The van der Waals surface area contributed by atoms with Gasteiger partial charge in [0.1, 0.15) is 0 Å². The minimum absolute atomic E-state index is 0.0838. The number of fused-ring (bicyclic) bond motifs is 1. The molecule has 2 aromatic rings. The quantitative estimate of drug-likeness (QED) is 0.934. The largest absolute Gasteiger partial charge is 0.324 e. The highest BCUT2D eigenvalue weighted by molar-refractivity contribution is 6.02. The molecule has 1 unspecified atom stereocenters. The first-order chi connectivity index (χ1) is 10.2. The second kappa shape index (κ2) is 6.27. The highest BCUT2D eigenvalue weighted by Gasteiger charge is 2.18. The molecule has 1 atom stereocenters. The van der Waals surface area contributed by atoms with Gasteiger partial charge in [-0.15, -0.1) is 0 Å². The van der Waals surface area contributed by atoms with Crippen LogP contribution in [0.25, 0.3) is 10.8 Å². The van der Waals surface area contributed by atoms with Crippen molar-refractivity contribution in [1.29, 1.82) is 0 Å². The predicted molar refractivity (Wildman–Crippen MR) is 87.4 cm³/mol. The molecule has 0 aromatic heterocycles. The highest BCUT2D eigenvalue weighted by atomic mass is 16.2. The van der Waals surface area contributed by atoms with Gasteiger partial charge in [0.15, 0.2) is 0 Å². The van der Waals surface area contributed by atoms with Crippen LogP contribution in [-0.4, -0.2) is 30.4 Å². The van der Waals surface area contributed by atoms with Crippen LogP contribution < -0.4 is 5.32 Å². The number of anilines is 1. The summed E-state index contributed by atoms with van der Waals surface area (Å²) in [5, 5.41) is 5.32. The van der Waals surface area contributed by atoms with E-state index in [1.807, 2.05) is 30.3 Å². The Balaban J connectivity index is 1.69. The van der Waals surface area contributed by atoms with Gasteiger partial charge in [-0.1, -0.05) is 43.3 Å². The van der Waals surface area contributed by atoms with Crippen molar-refractivity contribution in [2.24, 2.45) is 5.92 Å². The molecule has 0 radical (unpaired) electrons. The van der Waals surface area contributed by atoms with Gasteiger partial charge in [-0.3, -0.25) is 9.69 Å². The Morgan fingerprint density at radius 1 is 1.24 bits per heavy atom. The first-order valence-corrected chi connectivity index (χ1v) is 7.72. The van der Waals surface area contributed by atoms with Crippen LogP contribution >= 0.6 is 0 Å². The minimum atomic E-state index is 0.0838. The first kappa shape index (κ1) is 14.1. The number of benzene rings is 2. The summed E-state index contributed by atoms with van der Waals surface area (Å²) in [6.07, 6.45) is 2.48. The van der Waals surface area contributed by atoms with Crippen molar-refractivity contribution in [3.05, 3.63) is 42.5 Å². The third-order valence-electron chi connectivity index (χ3n) is 4.17. The number of hydrogen-bond acceptors (Lipinski definition) is 2. The third kappa shape index (κ3) is 3.42. The van der Waals surface area contributed by atoms with Crippen molar-refractivity contribution in [3.63, 3.8) is 0 Å². The van der Waals surface area contributed by atoms with Crippen LogP contribution in [0, 0.1) is 5.92 Å². The molecule has 1 amide bonds. The van der Waals surface area contributed by atoms with E-state index in [2.05, 4.69) is 29.3 Å². The molecule has 3 rings (SSSR count). The zero-order valence-electron chi connectivity index (χ0n) is 12.5. The molecule has 1 saturated heterocycles. The predicted octanol–water partition coefficient (Wildman–Crippen LogP) is 3.51. The smallest absolute Gasteiger partial charge is 0.238 e. The maximum atomic E-state index is 12.3. The number of piperidine rings is 1. The Bertz CT molecular complexity index is 633. The van der Waals surface area contributed by atoms with Gasteiger partial charge in [0.25, 0.3) is 0 Å². The van der Waals surface area contributed by atoms with Crippen LogP contribution in [0.4, 0.5) is 5.69 Å². The van der Waals surface area contributed by atoms with Gasteiger partial charge in [0, 0.05) is 17.6 Å². The van der Waals surface area contributed by atoms with Gasteiger partial charge in [-0.05, 0) is 36.8 Å². The van der Waals surface area contributed by atoms with E-state index in [1.165, 1.54) is 12.8 Å². The summed E-state index contributed by atoms with van der Waals surface area (Å²) in [6.45, 7) is 4.82. The van der Waals surface area contributed by atoms with Gasteiger partial charge in [-0.25, -0.2) is 0 Å². The van der Waals surface area contributed by atoms with Crippen molar-refractivity contribution in [2.45, 2.75) is 19.8 Å². The van der Waals surface area contributed by atoms with Crippen LogP contribution in [0.1, 0.15) is 19.8 Å². The fraction of sp³-hybridized carbons (Fsp3) is 0.389. The maximum absolute atomic E-state index is 12.3. The molecule has 3 heteroatoms. The summed E-state index contributed by atoms with van der Waals surface area (Å²) in [5.74, 6) is 0.782. The van der Waals surface area contributed by atoms with Crippen molar-refractivity contribution < 1.29 is 4.79 Å². The summed E-state index contributed by atoms with van der Waals surface area (Å²) >= 11 is 0. The van der Waals surface area contributed by atoms with Gasteiger partial charge in [-0.2, -0.15) is 0 Å². The van der Waals surface area contributed by atoms with Crippen molar-refractivity contribution in [2.75, 3.05) is 25.0 Å². The Hall–Kier alpha value is -1.87. The Morgan fingerprint density at radius 3 is 2.90 bits per heavy atom. The average Bonchev–Trinajstić information content (AvgIpc) is 2.47. The first-order valence-electron chi connectivity index (χ1n) is 7.72. The molecule has 1 aliphatic rings. The van der Waals surface area contributed by atoms with Crippen molar-refractivity contribution >= 4 is 22.4 Å². The van der Waals surface area contributed by atoms with E-state index in [0.717, 1.165) is 29.5 Å². The Labute approximate surface area is 125 Å². The molecule has 1 N–H and O–H groups in total. The molecule has 1 aliphatic heterocycles. The highest BCUT2D eigenvalue weighted by Crippen LogP contribution is 2.23. The second-order valence-electron chi connectivity index (χ2n) is 6.06. The summed E-state index contributed by atoms with van der Waals surface area (Å²) in [7, 11) is 0. The summed E-state index contributed by atoms with van der Waals surface area (Å²) in [4.78, 5) is 14.5. The Morgan fingerprint density at radius 2 is 2.05 bits per heavy atom. The SMILES string of the molecule is CC1CCCN(CC(=O)Nc2cccc3ccccc23)C1. The van der Waals surface area contributed by atoms with Crippen molar-refractivity contribution in [1.82, 2.24) is 4.90 Å². The lowest BCUT2D eigenvalue weighted by Crippen LogP contribution is -2.39. The molecule has 0 spiro atoms. The third-order valence-corrected chi connectivity index (χ3v) is 4.17. The van der Waals surface area contributed by atoms with Crippen LogP contribution in [-0.2, 0) is 4.79 Å². The normalized spacial score (nSPS) is 19.6. The fourth-order valence-electron chi connectivity index (χ4n) is 3.16. The van der Waals surface area contributed by atoms with Crippen LogP contribution in [0.2, 0.25) is 0 Å². The molecule has 0 saturated carbocycles. The van der Waals surface area contributed by atoms with E-state index in [1.54, 1.807) is 0 Å². The van der Waals surface area contributed by atoms with Crippen LogP contribution in [0.15, 0.2) is 42.5 Å². The zero-order valence-corrected chi connectivity index (χ0v) is 12.5. The van der Waals surface area contributed by atoms with E-state index in [-0.39, 0.29) is 5.91 Å². The Kier molecular flexibility index (Phi) is 4.20. The van der Waals surface area contributed by atoms with Gasteiger partial charge in [0.05, 0.1) is 6.54 Å². The molecular weight excluding hydrogens is 260 g/mol. The van der Waals surface area contributed by atoms with Gasteiger partial charge >= 0.3 is 0 Å². The molecule has 3 nitrogen and oxygen atoms in total. The monoisotopic (exact) mass is 282 g/mol. The molecule has 0 aliphatic carbocycles.